The molecule has 1 aliphatic rings. The summed E-state index contributed by atoms with van der Waals surface area (Å²) in [6.45, 7) is 4.72. The van der Waals surface area contributed by atoms with Crippen LogP contribution < -0.4 is 5.73 Å². The molecule has 2 N–H and O–H groups in total. The second kappa shape index (κ2) is 9.29. The lowest BCUT2D eigenvalue weighted by molar-refractivity contribution is -0.142. The fourth-order valence-corrected chi connectivity index (χ4v) is 4.31. The fraction of sp³-hybridized carbons (Fsp3) is 0.375. The normalized spacial score (nSPS) is 17.2. The van der Waals surface area contributed by atoms with Crippen LogP contribution in [0.4, 0.5) is 4.39 Å². The zero-order valence-electron chi connectivity index (χ0n) is 18.1. The highest BCUT2D eigenvalue weighted by Gasteiger charge is 2.35. The van der Waals surface area contributed by atoms with Crippen LogP contribution in [0.15, 0.2) is 42.5 Å². The SMILES string of the molecule is Cc1cc(C)cc(C(=O)N2CCCC(C(=O)N(C)C(C(N)=O)c3cccc(F)c3)C2)c1. The lowest BCUT2D eigenvalue weighted by Gasteiger charge is -2.36. The number of nitrogens with two attached hydrogens (primary N) is 1. The molecule has 0 aliphatic carbocycles. The summed E-state index contributed by atoms with van der Waals surface area (Å²) < 4.78 is 13.7. The van der Waals surface area contributed by atoms with Crippen LogP contribution >= 0.6 is 0 Å². The summed E-state index contributed by atoms with van der Waals surface area (Å²) in [5.41, 5.74) is 8.49. The largest absolute Gasteiger partial charge is 0.368 e. The van der Waals surface area contributed by atoms with E-state index >= 15 is 0 Å². The Hall–Kier alpha value is -3.22. The molecule has 2 aromatic rings. The number of halogens is 1. The van der Waals surface area contributed by atoms with Crippen LogP contribution in [0.25, 0.3) is 0 Å². The molecule has 2 atom stereocenters. The Morgan fingerprint density at radius 3 is 2.42 bits per heavy atom. The predicted octanol–water partition coefficient (Wildman–Crippen LogP) is 2.98. The molecule has 2 aromatic carbocycles. The van der Waals surface area contributed by atoms with Gasteiger partial charge in [-0.05, 0) is 56.5 Å². The van der Waals surface area contributed by atoms with Crippen molar-refractivity contribution in [1.29, 1.82) is 0 Å². The van der Waals surface area contributed by atoms with Gasteiger partial charge in [0.1, 0.15) is 11.9 Å². The first-order chi connectivity index (χ1) is 14.7. The highest BCUT2D eigenvalue weighted by molar-refractivity contribution is 5.95. The van der Waals surface area contributed by atoms with E-state index in [9.17, 15) is 18.8 Å². The van der Waals surface area contributed by atoms with Crippen molar-refractivity contribution in [2.24, 2.45) is 11.7 Å². The van der Waals surface area contributed by atoms with Crippen LogP contribution in [0.2, 0.25) is 0 Å². The quantitative estimate of drug-likeness (QED) is 0.799. The van der Waals surface area contributed by atoms with Crippen molar-refractivity contribution in [2.75, 3.05) is 20.1 Å². The van der Waals surface area contributed by atoms with Crippen LogP contribution in [0.5, 0.6) is 0 Å². The molecule has 1 saturated heterocycles. The summed E-state index contributed by atoms with van der Waals surface area (Å²) in [4.78, 5) is 41.3. The molecule has 0 aromatic heterocycles. The summed E-state index contributed by atoms with van der Waals surface area (Å²) in [6.07, 6.45) is 1.29. The van der Waals surface area contributed by atoms with E-state index in [1.165, 1.54) is 30.1 Å². The lowest BCUT2D eigenvalue weighted by Crippen LogP contribution is -2.48. The van der Waals surface area contributed by atoms with Gasteiger partial charge in [-0.25, -0.2) is 4.39 Å². The molecule has 3 amide bonds. The third-order valence-corrected chi connectivity index (χ3v) is 5.70. The highest BCUT2D eigenvalue weighted by atomic mass is 19.1. The molecule has 0 spiro atoms. The monoisotopic (exact) mass is 425 g/mol. The second-order valence-electron chi connectivity index (χ2n) is 8.28. The zero-order valence-corrected chi connectivity index (χ0v) is 18.1. The van der Waals surface area contributed by atoms with Crippen molar-refractivity contribution in [2.45, 2.75) is 32.7 Å². The molecule has 31 heavy (non-hydrogen) atoms. The van der Waals surface area contributed by atoms with Crippen LogP contribution in [0.3, 0.4) is 0 Å². The van der Waals surface area contributed by atoms with Gasteiger partial charge in [0.25, 0.3) is 5.91 Å². The fourth-order valence-electron chi connectivity index (χ4n) is 4.31. The molecule has 1 fully saturated rings. The maximum atomic E-state index is 13.7. The van der Waals surface area contributed by atoms with Crippen LogP contribution in [0.1, 0.15) is 45.9 Å². The van der Waals surface area contributed by atoms with Crippen LogP contribution in [0, 0.1) is 25.6 Å². The Morgan fingerprint density at radius 1 is 1.13 bits per heavy atom. The average Bonchev–Trinajstić information content (AvgIpc) is 2.72. The Balaban J connectivity index is 1.77. The van der Waals surface area contributed by atoms with E-state index in [-0.39, 0.29) is 18.4 Å². The van der Waals surface area contributed by atoms with E-state index in [0.29, 0.717) is 30.5 Å². The second-order valence-corrected chi connectivity index (χ2v) is 8.28. The van der Waals surface area contributed by atoms with Gasteiger partial charge in [0.05, 0.1) is 5.92 Å². The van der Waals surface area contributed by atoms with Gasteiger partial charge in [-0.1, -0.05) is 29.3 Å². The maximum Gasteiger partial charge on any atom is 0.253 e. The van der Waals surface area contributed by atoms with Crippen molar-refractivity contribution in [3.8, 4) is 0 Å². The number of hydrogen-bond acceptors (Lipinski definition) is 3. The number of benzene rings is 2. The minimum Gasteiger partial charge on any atom is -0.368 e. The number of primary amides is 1. The first kappa shape index (κ1) is 22.5. The molecule has 1 heterocycles. The zero-order chi connectivity index (χ0) is 22.7. The number of carbonyl (C=O) groups excluding carboxylic acids is 3. The number of carbonyl (C=O) groups is 3. The van der Waals surface area contributed by atoms with E-state index < -0.39 is 23.7 Å². The van der Waals surface area contributed by atoms with Crippen LogP contribution in [-0.4, -0.2) is 47.7 Å². The lowest BCUT2D eigenvalue weighted by atomic mass is 9.94. The number of hydrogen-bond donors (Lipinski definition) is 1. The molecule has 164 valence electrons. The summed E-state index contributed by atoms with van der Waals surface area (Å²) in [7, 11) is 1.49. The van der Waals surface area contributed by atoms with Crippen molar-refractivity contribution in [3.63, 3.8) is 0 Å². The van der Waals surface area contributed by atoms with Crippen LogP contribution in [-0.2, 0) is 9.59 Å². The van der Waals surface area contributed by atoms with Gasteiger partial charge in [-0.3, -0.25) is 14.4 Å². The van der Waals surface area contributed by atoms with E-state index in [2.05, 4.69) is 0 Å². The van der Waals surface area contributed by atoms with Crippen molar-refractivity contribution in [3.05, 3.63) is 70.5 Å². The molecule has 3 rings (SSSR count). The Kier molecular flexibility index (Phi) is 6.73. The maximum absolute atomic E-state index is 13.7. The number of nitrogens with zero attached hydrogens (tertiary/aromatic N) is 2. The first-order valence-electron chi connectivity index (χ1n) is 10.4. The summed E-state index contributed by atoms with van der Waals surface area (Å²) in [6, 6.07) is 10.1. The van der Waals surface area contributed by atoms with E-state index in [4.69, 9.17) is 5.73 Å². The molecule has 2 unspecified atom stereocenters. The van der Waals surface area contributed by atoms with Gasteiger partial charge in [-0.2, -0.15) is 0 Å². The Labute approximate surface area is 181 Å². The molecule has 0 saturated carbocycles. The third kappa shape index (κ3) is 5.10. The van der Waals surface area contributed by atoms with Crippen molar-refractivity contribution in [1.82, 2.24) is 9.80 Å². The van der Waals surface area contributed by atoms with E-state index in [0.717, 1.165) is 11.1 Å². The van der Waals surface area contributed by atoms with Gasteiger partial charge in [0, 0.05) is 25.7 Å². The minimum absolute atomic E-state index is 0.108. The molecule has 0 radical (unpaired) electrons. The van der Waals surface area contributed by atoms with E-state index in [1.54, 1.807) is 11.0 Å². The Morgan fingerprint density at radius 2 is 1.81 bits per heavy atom. The van der Waals surface area contributed by atoms with Gasteiger partial charge in [0.15, 0.2) is 0 Å². The topological polar surface area (TPSA) is 83.7 Å². The number of aryl methyl sites for hydroxylation is 2. The average molecular weight is 426 g/mol. The first-order valence-corrected chi connectivity index (χ1v) is 10.4. The number of piperidine rings is 1. The van der Waals surface area contributed by atoms with Gasteiger partial charge in [0.2, 0.25) is 11.8 Å². The number of rotatable bonds is 5. The van der Waals surface area contributed by atoms with Gasteiger partial charge in [-0.15, -0.1) is 0 Å². The third-order valence-electron chi connectivity index (χ3n) is 5.70. The smallest absolute Gasteiger partial charge is 0.253 e. The summed E-state index contributed by atoms with van der Waals surface area (Å²) >= 11 is 0. The predicted molar refractivity (Wildman–Crippen MR) is 116 cm³/mol. The van der Waals surface area contributed by atoms with Crippen molar-refractivity contribution < 1.29 is 18.8 Å². The highest BCUT2D eigenvalue weighted by Crippen LogP contribution is 2.26. The van der Waals surface area contributed by atoms with Gasteiger partial charge < -0.3 is 15.5 Å². The number of likely N-dealkylation sites (N-methyl/N-ethyl adjacent to an activating group) is 1. The molecule has 6 nitrogen and oxygen atoms in total. The Bertz CT molecular complexity index is 987. The van der Waals surface area contributed by atoms with Gasteiger partial charge >= 0.3 is 0 Å². The number of amides is 3. The molecule has 0 bridgehead atoms. The van der Waals surface area contributed by atoms with E-state index in [1.807, 2.05) is 32.0 Å². The number of likely N-dealkylation sites (tertiary alicyclic amines) is 1. The minimum atomic E-state index is -1.08. The van der Waals surface area contributed by atoms with Crippen molar-refractivity contribution >= 4 is 17.7 Å². The molecular weight excluding hydrogens is 397 g/mol. The standard InChI is InChI=1S/C24H28FN3O3/c1-15-10-16(2)12-19(11-15)24(31)28-9-5-7-18(14-28)23(30)27(3)21(22(26)29)17-6-4-8-20(25)13-17/h4,6,8,10-13,18,21H,5,7,9,14H2,1-3H3,(H2,26,29). The summed E-state index contributed by atoms with van der Waals surface area (Å²) in [5.74, 6) is -2.09. The molecule has 1 aliphatic heterocycles. The summed E-state index contributed by atoms with van der Waals surface area (Å²) in [5, 5.41) is 0. The molecule has 7 heteroatoms. The molecular formula is C24H28FN3O3.